The zero-order chi connectivity index (χ0) is 19.1. The Bertz CT molecular complexity index is 886. The highest BCUT2D eigenvalue weighted by Gasteiger charge is 2.16. The average molecular weight is 365 g/mol. The van der Waals surface area contributed by atoms with E-state index in [0.717, 1.165) is 36.7 Å². The number of hydrogen-bond acceptors (Lipinski definition) is 5. The first-order chi connectivity index (χ1) is 13.3. The molecular weight excluding hydrogens is 338 g/mol. The van der Waals surface area contributed by atoms with E-state index in [-0.39, 0.29) is 0 Å². The summed E-state index contributed by atoms with van der Waals surface area (Å²) in [4.78, 5) is 13.7. The van der Waals surface area contributed by atoms with Gasteiger partial charge in [0.05, 0.1) is 0 Å². The van der Waals surface area contributed by atoms with Gasteiger partial charge in [0.1, 0.15) is 17.3 Å². The number of amidine groups is 1. The van der Waals surface area contributed by atoms with Crippen LogP contribution >= 0.6 is 0 Å². The molecule has 3 aromatic rings. The van der Waals surface area contributed by atoms with Gasteiger partial charge in [-0.05, 0) is 18.9 Å². The van der Waals surface area contributed by atoms with E-state index in [1.165, 1.54) is 5.56 Å². The van der Waals surface area contributed by atoms with Gasteiger partial charge < -0.3 is 10.7 Å². The van der Waals surface area contributed by atoms with Gasteiger partial charge in [0, 0.05) is 37.5 Å². The summed E-state index contributed by atoms with van der Waals surface area (Å²) < 4.78 is 1.89. The topological polar surface area (TPSA) is 78.6 Å². The van der Waals surface area contributed by atoms with E-state index in [4.69, 9.17) is 0 Å². The quantitative estimate of drug-likeness (QED) is 0.646. The van der Waals surface area contributed by atoms with Gasteiger partial charge in [-0.15, -0.1) is 0 Å². The molecule has 1 atom stereocenters. The van der Waals surface area contributed by atoms with Gasteiger partial charge in [-0.25, -0.2) is 10.4 Å². The molecule has 3 heterocycles. The molecule has 1 fully saturated rings. The molecule has 1 aliphatic heterocycles. The summed E-state index contributed by atoms with van der Waals surface area (Å²) in [6.07, 6.45) is 5.43. The first-order valence-corrected chi connectivity index (χ1v) is 9.49. The summed E-state index contributed by atoms with van der Waals surface area (Å²) >= 11 is 0. The third-order valence-corrected chi connectivity index (χ3v) is 4.13. The lowest BCUT2D eigenvalue weighted by atomic mass is 10.1. The van der Waals surface area contributed by atoms with Crippen molar-refractivity contribution in [2.75, 3.05) is 11.9 Å². The van der Waals surface area contributed by atoms with Crippen LogP contribution in [0.1, 0.15) is 32.8 Å². The van der Waals surface area contributed by atoms with E-state index in [2.05, 4.69) is 62.3 Å². The van der Waals surface area contributed by atoms with Crippen molar-refractivity contribution in [2.45, 2.75) is 39.7 Å². The fraction of sp³-hybridized carbons (Fsp3) is 0.350. The SMILES string of the molecule is CC.CC1C/C(=N\c2nc(NCCc3ccccc3)cc3nccn23)NN1. The Labute approximate surface area is 159 Å². The highest BCUT2D eigenvalue weighted by Crippen LogP contribution is 2.18. The number of benzene rings is 1. The van der Waals surface area contributed by atoms with Crippen LogP contribution in [0.25, 0.3) is 5.65 Å². The van der Waals surface area contributed by atoms with Crippen LogP contribution in [-0.2, 0) is 6.42 Å². The molecule has 27 heavy (non-hydrogen) atoms. The molecule has 0 bridgehead atoms. The summed E-state index contributed by atoms with van der Waals surface area (Å²) in [5.41, 5.74) is 8.38. The minimum atomic E-state index is 0.365. The molecule has 1 aliphatic rings. The van der Waals surface area contributed by atoms with Gasteiger partial charge in [-0.1, -0.05) is 44.2 Å². The molecule has 7 nitrogen and oxygen atoms in total. The Hall–Kier alpha value is -2.93. The second-order valence-corrected chi connectivity index (χ2v) is 6.19. The Balaban J connectivity index is 0.00000102. The summed E-state index contributed by atoms with van der Waals surface area (Å²) in [6.45, 7) is 6.91. The fourth-order valence-corrected chi connectivity index (χ4v) is 2.85. The summed E-state index contributed by atoms with van der Waals surface area (Å²) in [5.74, 6) is 2.29. The van der Waals surface area contributed by atoms with Crippen molar-refractivity contribution < 1.29 is 0 Å². The van der Waals surface area contributed by atoms with E-state index in [9.17, 15) is 0 Å². The number of hydrazine groups is 1. The number of hydrogen-bond donors (Lipinski definition) is 3. The number of anilines is 1. The minimum absolute atomic E-state index is 0.365. The van der Waals surface area contributed by atoms with Gasteiger partial charge in [0.15, 0.2) is 0 Å². The van der Waals surface area contributed by atoms with Crippen LogP contribution in [0.15, 0.2) is 53.8 Å². The van der Waals surface area contributed by atoms with Crippen LogP contribution in [0.4, 0.5) is 11.8 Å². The molecule has 0 radical (unpaired) electrons. The minimum Gasteiger partial charge on any atom is -0.370 e. The fourth-order valence-electron chi connectivity index (χ4n) is 2.85. The molecule has 1 unspecified atom stereocenters. The Morgan fingerprint density at radius 1 is 1.26 bits per heavy atom. The Kier molecular flexibility index (Phi) is 6.38. The van der Waals surface area contributed by atoms with Gasteiger partial charge in [-0.2, -0.15) is 9.98 Å². The lowest BCUT2D eigenvalue weighted by molar-refractivity contribution is 0.602. The maximum Gasteiger partial charge on any atom is 0.239 e. The Morgan fingerprint density at radius 3 is 2.81 bits per heavy atom. The van der Waals surface area contributed by atoms with E-state index < -0.39 is 0 Å². The third kappa shape index (κ3) is 4.83. The maximum absolute atomic E-state index is 4.65. The zero-order valence-electron chi connectivity index (χ0n) is 16.1. The second-order valence-electron chi connectivity index (χ2n) is 6.19. The lowest BCUT2D eigenvalue weighted by Crippen LogP contribution is -2.29. The third-order valence-electron chi connectivity index (χ3n) is 4.13. The van der Waals surface area contributed by atoms with Crippen LogP contribution in [0.2, 0.25) is 0 Å². The molecule has 142 valence electrons. The number of imidazole rings is 1. The predicted molar refractivity (Wildman–Crippen MR) is 110 cm³/mol. The van der Waals surface area contributed by atoms with E-state index in [1.54, 1.807) is 6.20 Å². The van der Waals surface area contributed by atoms with Crippen molar-refractivity contribution in [3.63, 3.8) is 0 Å². The maximum atomic E-state index is 4.65. The van der Waals surface area contributed by atoms with E-state index in [1.807, 2.05) is 36.6 Å². The predicted octanol–water partition coefficient (Wildman–Crippen LogP) is 3.33. The largest absolute Gasteiger partial charge is 0.370 e. The monoisotopic (exact) mass is 365 g/mol. The molecule has 0 saturated carbocycles. The van der Waals surface area contributed by atoms with Gasteiger partial charge in [0.2, 0.25) is 5.95 Å². The molecule has 4 rings (SSSR count). The van der Waals surface area contributed by atoms with Crippen molar-refractivity contribution >= 4 is 23.2 Å². The normalized spacial score (nSPS) is 17.4. The highest BCUT2D eigenvalue weighted by molar-refractivity contribution is 5.86. The van der Waals surface area contributed by atoms with Crippen LogP contribution < -0.4 is 16.2 Å². The van der Waals surface area contributed by atoms with E-state index >= 15 is 0 Å². The molecule has 0 aliphatic carbocycles. The van der Waals surface area contributed by atoms with Crippen LogP contribution in [0.5, 0.6) is 0 Å². The van der Waals surface area contributed by atoms with Crippen LogP contribution in [0, 0.1) is 0 Å². The number of fused-ring (bicyclic) bond motifs is 1. The number of aromatic nitrogens is 3. The molecular formula is C20H27N7. The smallest absolute Gasteiger partial charge is 0.239 e. The number of aliphatic imine (C=N–C) groups is 1. The first kappa shape index (κ1) is 18.8. The standard InChI is InChI=1S/C18H21N7.C2H6/c1-13-11-16(24-23-13)22-18-21-15(12-17-20-9-10-25(17)18)19-8-7-14-5-3-2-4-6-14;1-2/h2-6,9-10,12-13,19,23H,7-8,11H2,1H3,(H,21,22,24);1-2H3. The lowest BCUT2D eigenvalue weighted by Gasteiger charge is -2.08. The second kappa shape index (κ2) is 9.14. The van der Waals surface area contributed by atoms with Crippen molar-refractivity contribution in [1.29, 1.82) is 0 Å². The number of nitrogens with zero attached hydrogens (tertiary/aromatic N) is 4. The van der Waals surface area contributed by atoms with Crippen molar-refractivity contribution in [1.82, 2.24) is 25.2 Å². The van der Waals surface area contributed by atoms with Gasteiger partial charge in [-0.3, -0.25) is 4.40 Å². The molecule has 1 saturated heterocycles. The summed E-state index contributed by atoms with van der Waals surface area (Å²) in [6, 6.07) is 12.7. The molecule has 3 N–H and O–H groups in total. The molecule has 7 heteroatoms. The highest BCUT2D eigenvalue weighted by atomic mass is 15.4. The number of nitrogens with one attached hydrogen (secondary N) is 3. The average Bonchev–Trinajstić information content (AvgIpc) is 3.33. The van der Waals surface area contributed by atoms with Crippen molar-refractivity contribution in [3.8, 4) is 0 Å². The molecule has 1 aromatic carbocycles. The first-order valence-electron chi connectivity index (χ1n) is 9.49. The zero-order valence-corrected chi connectivity index (χ0v) is 16.1. The van der Waals surface area contributed by atoms with Crippen LogP contribution in [0.3, 0.4) is 0 Å². The molecule has 0 spiro atoms. The molecule has 2 aromatic heterocycles. The van der Waals surface area contributed by atoms with Gasteiger partial charge >= 0.3 is 0 Å². The van der Waals surface area contributed by atoms with Crippen molar-refractivity contribution in [3.05, 3.63) is 54.4 Å². The van der Waals surface area contributed by atoms with Crippen molar-refractivity contribution in [2.24, 2.45) is 4.99 Å². The van der Waals surface area contributed by atoms with E-state index in [0.29, 0.717) is 12.0 Å². The van der Waals surface area contributed by atoms with Gasteiger partial charge in [0.25, 0.3) is 0 Å². The number of rotatable bonds is 5. The summed E-state index contributed by atoms with van der Waals surface area (Å²) in [5, 5.41) is 3.38. The summed E-state index contributed by atoms with van der Waals surface area (Å²) in [7, 11) is 0. The Morgan fingerprint density at radius 2 is 2.07 bits per heavy atom. The van der Waals surface area contributed by atoms with Crippen LogP contribution in [-0.4, -0.2) is 32.8 Å². The molecule has 0 amide bonds.